The Bertz CT molecular complexity index is 1020. The van der Waals surface area contributed by atoms with E-state index in [2.05, 4.69) is 15.5 Å². The molecule has 0 saturated carbocycles. The lowest BCUT2D eigenvalue weighted by Crippen LogP contribution is -2.33. The van der Waals surface area contributed by atoms with Crippen molar-refractivity contribution in [3.05, 3.63) is 64.7 Å². The van der Waals surface area contributed by atoms with Crippen molar-refractivity contribution in [3.63, 3.8) is 0 Å². The first-order chi connectivity index (χ1) is 13.4. The summed E-state index contributed by atoms with van der Waals surface area (Å²) in [5, 5.41) is 11.7. The molecule has 28 heavy (non-hydrogen) atoms. The molecule has 8 heteroatoms. The summed E-state index contributed by atoms with van der Waals surface area (Å²) in [6.07, 6.45) is 4.04. The molecule has 1 unspecified atom stereocenters. The fourth-order valence-corrected chi connectivity index (χ4v) is 3.80. The van der Waals surface area contributed by atoms with Gasteiger partial charge in [-0.25, -0.2) is 13.5 Å². The Labute approximate surface area is 161 Å². The molecule has 1 atom stereocenters. The highest BCUT2D eigenvalue weighted by atomic mass is 19.1. The Morgan fingerprint density at radius 3 is 2.64 bits per heavy atom. The van der Waals surface area contributed by atoms with Gasteiger partial charge in [0.1, 0.15) is 18.2 Å². The Morgan fingerprint density at radius 2 is 1.96 bits per heavy atom. The first-order valence-corrected chi connectivity index (χ1v) is 9.24. The van der Waals surface area contributed by atoms with Crippen LogP contribution in [0.25, 0.3) is 5.69 Å². The average molecular weight is 385 g/mol. The van der Waals surface area contributed by atoms with Gasteiger partial charge in [0.25, 0.3) is 0 Å². The van der Waals surface area contributed by atoms with Gasteiger partial charge in [0.05, 0.1) is 23.6 Å². The van der Waals surface area contributed by atoms with Gasteiger partial charge in [-0.15, -0.1) is 0 Å². The van der Waals surface area contributed by atoms with Gasteiger partial charge < -0.3 is 5.32 Å². The highest BCUT2D eigenvalue weighted by Crippen LogP contribution is 2.31. The molecule has 0 radical (unpaired) electrons. The van der Waals surface area contributed by atoms with Crippen LogP contribution >= 0.6 is 0 Å². The van der Waals surface area contributed by atoms with E-state index in [1.165, 1.54) is 12.1 Å². The quantitative estimate of drug-likeness (QED) is 0.750. The van der Waals surface area contributed by atoms with Gasteiger partial charge in [0.15, 0.2) is 0 Å². The molecule has 3 aromatic rings. The summed E-state index contributed by atoms with van der Waals surface area (Å²) in [4.78, 5) is 12.5. The fraction of sp³-hybridized carbons (Fsp3) is 0.350. The second-order valence-electron chi connectivity index (χ2n) is 7.18. The lowest BCUT2D eigenvalue weighted by Gasteiger charge is -2.24. The number of nitrogens with zero attached hydrogens (tertiary/aromatic N) is 4. The standard InChI is InChI=1S/C20H21F2N5O/c1-12-6-13(2)26(25-12)11-20(28)24-18-4-3-5-19-17(18)10-23-27(19)16-8-14(21)7-15(22)9-16/h6-10,18H,3-5,11H2,1-2H3,(H,24,28). The number of rotatable bonds is 4. The summed E-state index contributed by atoms with van der Waals surface area (Å²) >= 11 is 0. The average Bonchev–Trinajstić information content (AvgIpc) is 3.18. The van der Waals surface area contributed by atoms with E-state index in [4.69, 9.17) is 0 Å². The number of hydrogen-bond acceptors (Lipinski definition) is 3. The normalized spacial score (nSPS) is 16.1. The fourth-order valence-electron chi connectivity index (χ4n) is 3.80. The summed E-state index contributed by atoms with van der Waals surface area (Å²) in [6.45, 7) is 3.95. The van der Waals surface area contributed by atoms with Crippen LogP contribution in [-0.2, 0) is 17.8 Å². The summed E-state index contributed by atoms with van der Waals surface area (Å²) < 4.78 is 30.4. The molecule has 0 aliphatic heterocycles. The van der Waals surface area contributed by atoms with Crippen LogP contribution in [0.15, 0.2) is 30.5 Å². The smallest absolute Gasteiger partial charge is 0.242 e. The van der Waals surface area contributed by atoms with E-state index in [-0.39, 0.29) is 18.5 Å². The maximum atomic E-state index is 13.6. The van der Waals surface area contributed by atoms with E-state index >= 15 is 0 Å². The first-order valence-electron chi connectivity index (χ1n) is 9.24. The molecule has 6 nitrogen and oxygen atoms in total. The number of nitrogens with one attached hydrogen (secondary N) is 1. The molecule has 2 aromatic heterocycles. The van der Waals surface area contributed by atoms with Crippen LogP contribution in [0.4, 0.5) is 8.78 Å². The molecule has 2 heterocycles. The summed E-state index contributed by atoms with van der Waals surface area (Å²) in [5.41, 5.74) is 3.89. The van der Waals surface area contributed by atoms with Crippen molar-refractivity contribution in [1.82, 2.24) is 24.9 Å². The molecule has 0 saturated heterocycles. The Hall–Kier alpha value is -3.03. The molecular formula is C20H21F2N5O. The van der Waals surface area contributed by atoms with Crippen molar-refractivity contribution in [3.8, 4) is 5.69 Å². The van der Waals surface area contributed by atoms with Gasteiger partial charge in [0, 0.05) is 23.0 Å². The van der Waals surface area contributed by atoms with Gasteiger partial charge in [-0.2, -0.15) is 10.2 Å². The van der Waals surface area contributed by atoms with Crippen LogP contribution in [0.5, 0.6) is 0 Å². The molecule has 0 fully saturated rings. The Balaban J connectivity index is 1.55. The Kier molecular flexibility index (Phi) is 4.70. The number of aromatic nitrogens is 4. The predicted molar refractivity (Wildman–Crippen MR) is 99.0 cm³/mol. The molecule has 1 amide bonds. The van der Waals surface area contributed by atoms with Crippen LogP contribution < -0.4 is 5.32 Å². The van der Waals surface area contributed by atoms with Crippen molar-refractivity contribution in [2.45, 2.75) is 45.7 Å². The molecular weight excluding hydrogens is 364 g/mol. The van der Waals surface area contributed by atoms with Gasteiger partial charge in [-0.1, -0.05) is 0 Å². The maximum Gasteiger partial charge on any atom is 0.242 e. The number of benzene rings is 1. The van der Waals surface area contributed by atoms with Crippen molar-refractivity contribution in [2.75, 3.05) is 0 Å². The zero-order chi connectivity index (χ0) is 19.8. The minimum atomic E-state index is -0.648. The second-order valence-corrected chi connectivity index (χ2v) is 7.18. The van der Waals surface area contributed by atoms with E-state index in [0.29, 0.717) is 5.69 Å². The highest BCUT2D eigenvalue weighted by molar-refractivity contribution is 5.76. The van der Waals surface area contributed by atoms with Crippen molar-refractivity contribution < 1.29 is 13.6 Å². The van der Waals surface area contributed by atoms with E-state index < -0.39 is 11.6 Å². The molecule has 146 valence electrons. The van der Waals surface area contributed by atoms with Crippen LogP contribution in [0.2, 0.25) is 0 Å². The monoisotopic (exact) mass is 385 g/mol. The van der Waals surface area contributed by atoms with Crippen LogP contribution in [0.3, 0.4) is 0 Å². The predicted octanol–water partition coefficient (Wildman–Crippen LogP) is 3.16. The summed E-state index contributed by atoms with van der Waals surface area (Å²) in [7, 11) is 0. The van der Waals surface area contributed by atoms with Crippen LogP contribution in [0, 0.1) is 25.5 Å². The van der Waals surface area contributed by atoms with Crippen molar-refractivity contribution in [1.29, 1.82) is 0 Å². The van der Waals surface area contributed by atoms with Gasteiger partial charge in [0.2, 0.25) is 5.91 Å². The molecule has 4 rings (SSSR count). The van der Waals surface area contributed by atoms with Gasteiger partial charge >= 0.3 is 0 Å². The molecule has 1 N–H and O–H groups in total. The summed E-state index contributed by atoms with van der Waals surface area (Å²) in [6, 6.07) is 5.08. The number of carbonyl (C=O) groups excluding carboxylic acids is 1. The topological polar surface area (TPSA) is 64.7 Å². The number of hydrogen-bond donors (Lipinski definition) is 1. The molecule has 0 spiro atoms. The van der Waals surface area contributed by atoms with E-state index in [1.54, 1.807) is 15.6 Å². The molecule has 1 aromatic carbocycles. The number of amides is 1. The molecule has 0 bridgehead atoms. The second kappa shape index (κ2) is 7.18. The number of carbonyl (C=O) groups is 1. The summed E-state index contributed by atoms with van der Waals surface area (Å²) in [5.74, 6) is -1.43. The molecule has 1 aliphatic rings. The first kappa shape index (κ1) is 18.3. The van der Waals surface area contributed by atoms with Crippen molar-refractivity contribution >= 4 is 5.91 Å². The van der Waals surface area contributed by atoms with Crippen LogP contribution in [0.1, 0.15) is 41.5 Å². The lowest BCUT2D eigenvalue weighted by atomic mass is 9.93. The Morgan fingerprint density at radius 1 is 1.21 bits per heavy atom. The molecule has 1 aliphatic carbocycles. The zero-order valence-corrected chi connectivity index (χ0v) is 15.7. The number of halogens is 2. The van der Waals surface area contributed by atoms with Crippen LogP contribution in [-0.4, -0.2) is 25.5 Å². The lowest BCUT2D eigenvalue weighted by molar-refractivity contribution is -0.122. The largest absolute Gasteiger partial charge is 0.348 e. The van der Waals surface area contributed by atoms with E-state index in [9.17, 15) is 13.6 Å². The number of aryl methyl sites for hydroxylation is 2. The third-order valence-corrected chi connectivity index (χ3v) is 5.01. The van der Waals surface area contributed by atoms with Crippen molar-refractivity contribution in [2.24, 2.45) is 0 Å². The zero-order valence-electron chi connectivity index (χ0n) is 15.7. The van der Waals surface area contributed by atoms with Gasteiger partial charge in [-0.05, 0) is 51.3 Å². The minimum Gasteiger partial charge on any atom is -0.348 e. The minimum absolute atomic E-state index is 0.131. The maximum absolute atomic E-state index is 13.6. The SMILES string of the molecule is Cc1cc(C)n(CC(=O)NC2CCCc3c2cnn3-c2cc(F)cc(F)c2)n1. The number of fused-ring (bicyclic) bond motifs is 1. The van der Waals surface area contributed by atoms with E-state index in [0.717, 1.165) is 48.0 Å². The highest BCUT2D eigenvalue weighted by Gasteiger charge is 2.26. The van der Waals surface area contributed by atoms with E-state index in [1.807, 2.05) is 19.9 Å². The third-order valence-electron chi connectivity index (χ3n) is 5.01. The third kappa shape index (κ3) is 3.54. The van der Waals surface area contributed by atoms with Gasteiger partial charge in [-0.3, -0.25) is 9.48 Å².